The molecule has 1 saturated heterocycles. The maximum atomic E-state index is 12.4. The number of likely N-dealkylation sites (tertiary alicyclic amines) is 1. The number of amidine groups is 1. The smallest absolute Gasteiger partial charge is 0.317 e. The van der Waals surface area contributed by atoms with Crippen molar-refractivity contribution < 1.29 is 4.79 Å². The number of benzene rings is 2. The van der Waals surface area contributed by atoms with Gasteiger partial charge < -0.3 is 16.0 Å². The lowest BCUT2D eigenvalue weighted by Gasteiger charge is -2.32. The lowest BCUT2D eigenvalue weighted by atomic mass is 9.90. The van der Waals surface area contributed by atoms with E-state index in [4.69, 9.17) is 5.73 Å². The molecule has 27 heavy (non-hydrogen) atoms. The van der Waals surface area contributed by atoms with E-state index < -0.39 is 0 Å². The van der Waals surface area contributed by atoms with Crippen molar-refractivity contribution in [2.45, 2.75) is 25.8 Å². The zero-order valence-electron chi connectivity index (χ0n) is 15.9. The zero-order valence-corrected chi connectivity index (χ0v) is 15.9. The zero-order chi connectivity index (χ0) is 19.1. The molecule has 1 heterocycles. The second-order valence-corrected chi connectivity index (χ2v) is 7.08. The van der Waals surface area contributed by atoms with Gasteiger partial charge in [0.25, 0.3) is 0 Å². The van der Waals surface area contributed by atoms with Crippen LogP contribution in [0.5, 0.6) is 0 Å². The Labute approximate surface area is 161 Å². The Balaban J connectivity index is 1.43. The van der Waals surface area contributed by atoms with Crippen LogP contribution in [0.3, 0.4) is 0 Å². The molecule has 0 saturated carbocycles. The van der Waals surface area contributed by atoms with Crippen LogP contribution in [0, 0.1) is 5.92 Å². The molecule has 1 aliphatic heterocycles. The number of urea groups is 1. The average Bonchev–Trinajstić information content (AvgIpc) is 2.73. The Kier molecular flexibility index (Phi) is 6.47. The number of nitrogens with zero attached hydrogens (tertiary/aromatic N) is 2. The predicted octanol–water partition coefficient (Wildman–Crippen LogP) is 3.19. The summed E-state index contributed by atoms with van der Waals surface area (Å²) in [6.07, 6.45) is 3.23. The van der Waals surface area contributed by atoms with E-state index in [2.05, 4.69) is 40.6 Å². The molecule has 0 unspecified atom stereocenters. The Bertz CT molecular complexity index is 763. The summed E-state index contributed by atoms with van der Waals surface area (Å²) in [5.74, 6) is 1.18. The molecule has 5 nitrogen and oxygen atoms in total. The first-order chi connectivity index (χ1) is 13.2. The molecule has 0 bridgehead atoms. The van der Waals surface area contributed by atoms with Gasteiger partial charge in [-0.15, -0.1) is 0 Å². The van der Waals surface area contributed by atoms with Gasteiger partial charge >= 0.3 is 6.03 Å². The largest absolute Gasteiger partial charge is 0.384 e. The molecular weight excluding hydrogens is 336 g/mol. The summed E-state index contributed by atoms with van der Waals surface area (Å²) < 4.78 is 0. The molecule has 2 aromatic rings. The third-order valence-corrected chi connectivity index (χ3v) is 5.20. The number of rotatable bonds is 5. The van der Waals surface area contributed by atoms with E-state index >= 15 is 0 Å². The first kappa shape index (κ1) is 19.0. The molecule has 2 aromatic carbocycles. The third kappa shape index (κ3) is 5.33. The van der Waals surface area contributed by atoms with Gasteiger partial charge in [-0.1, -0.05) is 54.6 Å². The molecule has 3 rings (SSSR count). The van der Waals surface area contributed by atoms with Crippen LogP contribution in [0.4, 0.5) is 4.79 Å². The molecular formula is C22H28N4O. The van der Waals surface area contributed by atoms with Gasteiger partial charge in [0, 0.05) is 32.2 Å². The quantitative estimate of drug-likeness (QED) is 0.632. The van der Waals surface area contributed by atoms with E-state index in [1.165, 1.54) is 5.56 Å². The Hall–Kier alpha value is -2.82. The SMILES string of the molecule is CN=C(N)c1ccc(CNC(=O)N2CCC(Cc3ccccc3)CC2)cc1. The van der Waals surface area contributed by atoms with E-state index in [0.717, 1.165) is 43.5 Å². The summed E-state index contributed by atoms with van der Waals surface area (Å²) in [5.41, 5.74) is 9.13. The van der Waals surface area contributed by atoms with Gasteiger partial charge in [0.2, 0.25) is 0 Å². The second-order valence-electron chi connectivity index (χ2n) is 7.08. The van der Waals surface area contributed by atoms with Gasteiger partial charge in [-0.2, -0.15) is 0 Å². The first-order valence-corrected chi connectivity index (χ1v) is 9.54. The number of hydrogen-bond donors (Lipinski definition) is 2. The maximum Gasteiger partial charge on any atom is 0.317 e. The van der Waals surface area contributed by atoms with Crippen molar-refractivity contribution in [3.05, 3.63) is 71.3 Å². The fourth-order valence-corrected chi connectivity index (χ4v) is 3.50. The molecule has 1 aliphatic rings. The van der Waals surface area contributed by atoms with Gasteiger partial charge in [-0.05, 0) is 36.3 Å². The van der Waals surface area contributed by atoms with Crippen LogP contribution < -0.4 is 11.1 Å². The minimum atomic E-state index is 0.0203. The van der Waals surface area contributed by atoms with E-state index in [-0.39, 0.29) is 6.03 Å². The Morgan fingerprint density at radius 3 is 2.37 bits per heavy atom. The summed E-state index contributed by atoms with van der Waals surface area (Å²) >= 11 is 0. The van der Waals surface area contributed by atoms with Crippen LogP contribution in [-0.4, -0.2) is 36.9 Å². The molecule has 1 fully saturated rings. The van der Waals surface area contributed by atoms with E-state index in [9.17, 15) is 4.79 Å². The molecule has 0 radical (unpaired) electrons. The molecule has 0 aliphatic carbocycles. The van der Waals surface area contributed by atoms with Crippen molar-refractivity contribution in [2.75, 3.05) is 20.1 Å². The van der Waals surface area contributed by atoms with Crippen molar-refractivity contribution in [3.63, 3.8) is 0 Å². The highest BCUT2D eigenvalue weighted by Crippen LogP contribution is 2.21. The average molecular weight is 364 g/mol. The maximum absolute atomic E-state index is 12.4. The van der Waals surface area contributed by atoms with Crippen molar-refractivity contribution in [3.8, 4) is 0 Å². The van der Waals surface area contributed by atoms with E-state index in [1.807, 2.05) is 29.2 Å². The van der Waals surface area contributed by atoms with Crippen molar-refractivity contribution in [1.29, 1.82) is 0 Å². The van der Waals surface area contributed by atoms with Gasteiger partial charge in [0.1, 0.15) is 5.84 Å². The molecule has 5 heteroatoms. The number of hydrogen-bond acceptors (Lipinski definition) is 2. The highest BCUT2D eigenvalue weighted by atomic mass is 16.2. The number of amides is 2. The minimum absolute atomic E-state index is 0.0203. The molecule has 3 N–H and O–H groups in total. The number of nitrogens with one attached hydrogen (secondary N) is 1. The lowest BCUT2D eigenvalue weighted by Crippen LogP contribution is -2.44. The minimum Gasteiger partial charge on any atom is -0.384 e. The van der Waals surface area contributed by atoms with Crippen LogP contribution in [0.2, 0.25) is 0 Å². The van der Waals surface area contributed by atoms with Gasteiger partial charge in [0.05, 0.1) is 0 Å². The van der Waals surface area contributed by atoms with Crippen LogP contribution in [0.1, 0.15) is 29.5 Å². The summed E-state index contributed by atoms with van der Waals surface area (Å²) in [5, 5.41) is 3.02. The summed E-state index contributed by atoms with van der Waals surface area (Å²) in [6.45, 7) is 2.17. The fourth-order valence-electron chi connectivity index (χ4n) is 3.50. The summed E-state index contributed by atoms with van der Waals surface area (Å²) in [4.78, 5) is 18.3. The molecule has 142 valence electrons. The van der Waals surface area contributed by atoms with Gasteiger partial charge in [-0.25, -0.2) is 4.79 Å². The summed E-state index contributed by atoms with van der Waals surface area (Å²) in [7, 11) is 1.67. The number of nitrogens with two attached hydrogens (primary N) is 1. The highest BCUT2D eigenvalue weighted by molar-refractivity contribution is 5.97. The Morgan fingerprint density at radius 2 is 1.74 bits per heavy atom. The van der Waals surface area contributed by atoms with Gasteiger partial charge in [-0.3, -0.25) is 4.99 Å². The highest BCUT2D eigenvalue weighted by Gasteiger charge is 2.22. The lowest BCUT2D eigenvalue weighted by molar-refractivity contribution is 0.170. The second kappa shape index (κ2) is 9.21. The standard InChI is InChI=1S/C22H28N4O/c1-24-21(23)20-9-7-19(8-10-20)16-25-22(27)26-13-11-18(12-14-26)15-17-5-3-2-4-6-17/h2-10,18H,11-16H2,1H3,(H2,23,24)(H,25,27). The number of carbonyl (C=O) groups excluding carboxylic acids is 1. The Morgan fingerprint density at radius 1 is 1.07 bits per heavy atom. The summed E-state index contributed by atoms with van der Waals surface area (Å²) in [6, 6.07) is 18.4. The normalized spacial score (nSPS) is 15.6. The van der Waals surface area contributed by atoms with E-state index in [1.54, 1.807) is 7.05 Å². The first-order valence-electron chi connectivity index (χ1n) is 9.54. The van der Waals surface area contributed by atoms with Crippen LogP contribution in [0.15, 0.2) is 59.6 Å². The topological polar surface area (TPSA) is 70.7 Å². The van der Waals surface area contributed by atoms with Crippen LogP contribution >= 0.6 is 0 Å². The van der Waals surface area contributed by atoms with Gasteiger partial charge in [0.15, 0.2) is 0 Å². The van der Waals surface area contributed by atoms with Crippen molar-refractivity contribution in [2.24, 2.45) is 16.6 Å². The monoisotopic (exact) mass is 364 g/mol. The predicted molar refractivity (Wildman–Crippen MR) is 110 cm³/mol. The van der Waals surface area contributed by atoms with Crippen molar-refractivity contribution in [1.82, 2.24) is 10.2 Å². The number of carbonyl (C=O) groups is 1. The third-order valence-electron chi connectivity index (χ3n) is 5.20. The number of piperidine rings is 1. The van der Waals surface area contributed by atoms with Crippen LogP contribution in [-0.2, 0) is 13.0 Å². The van der Waals surface area contributed by atoms with E-state index in [0.29, 0.717) is 18.3 Å². The number of aliphatic imine (C=N–C) groups is 1. The fraction of sp³-hybridized carbons (Fsp3) is 0.364. The molecule has 2 amide bonds. The molecule has 0 atom stereocenters. The van der Waals surface area contributed by atoms with Crippen molar-refractivity contribution >= 4 is 11.9 Å². The van der Waals surface area contributed by atoms with Crippen LogP contribution in [0.25, 0.3) is 0 Å². The molecule has 0 spiro atoms. The molecule has 0 aromatic heterocycles.